The number of ether oxygens (including phenoxy) is 1. The Morgan fingerprint density at radius 3 is 2.70 bits per heavy atom. The molecule has 0 aliphatic carbocycles. The minimum atomic E-state index is -0.320. The number of esters is 1. The molecule has 0 spiro atoms. The van der Waals surface area contributed by atoms with Crippen LogP contribution in [-0.2, 0) is 9.53 Å². The summed E-state index contributed by atoms with van der Waals surface area (Å²) in [5.74, 6) is 0.200. The summed E-state index contributed by atoms with van der Waals surface area (Å²) < 4.78 is 10.6. The Kier molecular flexibility index (Phi) is 5.17. The van der Waals surface area contributed by atoms with Crippen molar-refractivity contribution in [1.82, 2.24) is 10.2 Å². The number of hydrogen-bond acceptors (Lipinski definition) is 6. The molecule has 0 aliphatic rings. The van der Waals surface area contributed by atoms with E-state index in [0.717, 1.165) is 5.56 Å². The van der Waals surface area contributed by atoms with Gasteiger partial charge in [-0.05, 0) is 25.5 Å². The minimum Gasteiger partial charge on any atom is -0.465 e. The van der Waals surface area contributed by atoms with Gasteiger partial charge in [-0.15, -0.1) is 10.2 Å². The molecule has 5 nitrogen and oxygen atoms in total. The zero-order valence-corrected chi connectivity index (χ0v) is 12.2. The van der Waals surface area contributed by atoms with Crippen LogP contribution in [0.4, 0.5) is 0 Å². The maximum atomic E-state index is 11.7. The van der Waals surface area contributed by atoms with Gasteiger partial charge in [-0.2, -0.15) is 0 Å². The molecular formula is C14H16N2O3S. The second kappa shape index (κ2) is 7.09. The van der Waals surface area contributed by atoms with E-state index in [0.29, 0.717) is 24.1 Å². The molecule has 0 saturated carbocycles. The van der Waals surface area contributed by atoms with Gasteiger partial charge in [0, 0.05) is 5.56 Å². The van der Waals surface area contributed by atoms with Gasteiger partial charge in [-0.25, -0.2) is 0 Å². The van der Waals surface area contributed by atoms with Gasteiger partial charge < -0.3 is 9.15 Å². The molecule has 20 heavy (non-hydrogen) atoms. The van der Waals surface area contributed by atoms with Crippen molar-refractivity contribution in [3.05, 3.63) is 30.3 Å². The van der Waals surface area contributed by atoms with Crippen molar-refractivity contribution in [3.63, 3.8) is 0 Å². The fourth-order valence-corrected chi connectivity index (χ4v) is 2.40. The van der Waals surface area contributed by atoms with Crippen LogP contribution in [0.25, 0.3) is 11.5 Å². The SMILES string of the molecule is CCOC(=O)C(CC)Sc1nnc(-c2ccccc2)o1. The highest BCUT2D eigenvalue weighted by molar-refractivity contribution is 8.00. The van der Waals surface area contributed by atoms with E-state index in [4.69, 9.17) is 9.15 Å². The number of nitrogens with zero attached hydrogens (tertiary/aromatic N) is 2. The average molecular weight is 292 g/mol. The van der Waals surface area contributed by atoms with E-state index in [1.54, 1.807) is 6.92 Å². The van der Waals surface area contributed by atoms with Crippen LogP contribution >= 0.6 is 11.8 Å². The molecule has 0 fully saturated rings. The quantitative estimate of drug-likeness (QED) is 0.602. The van der Waals surface area contributed by atoms with Crippen LogP contribution in [0, 0.1) is 0 Å². The summed E-state index contributed by atoms with van der Waals surface area (Å²) >= 11 is 1.24. The zero-order valence-electron chi connectivity index (χ0n) is 11.4. The molecular weight excluding hydrogens is 276 g/mol. The van der Waals surface area contributed by atoms with E-state index in [2.05, 4.69) is 10.2 Å². The Morgan fingerprint density at radius 2 is 2.05 bits per heavy atom. The van der Waals surface area contributed by atoms with Crippen molar-refractivity contribution in [2.75, 3.05) is 6.61 Å². The molecule has 2 rings (SSSR count). The molecule has 6 heteroatoms. The fourth-order valence-electron chi connectivity index (χ4n) is 1.61. The van der Waals surface area contributed by atoms with Crippen LogP contribution in [0.2, 0.25) is 0 Å². The minimum absolute atomic E-state index is 0.250. The van der Waals surface area contributed by atoms with E-state index in [9.17, 15) is 4.79 Å². The maximum Gasteiger partial charge on any atom is 0.319 e. The summed E-state index contributed by atoms with van der Waals surface area (Å²) in [7, 11) is 0. The van der Waals surface area contributed by atoms with Gasteiger partial charge in [0.15, 0.2) is 0 Å². The van der Waals surface area contributed by atoms with Gasteiger partial charge in [0.1, 0.15) is 5.25 Å². The molecule has 106 valence electrons. The Morgan fingerprint density at radius 1 is 1.30 bits per heavy atom. The smallest absolute Gasteiger partial charge is 0.319 e. The molecule has 0 radical (unpaired) electrons. The Bertz CT molecular complexity index is 557. The average Bonchev–Trinajstić information content (AvgIpc) is 2.94. The van der Waals surface area contributed by atoms with Crippen LogP contribution in [0.1, 0.15) is 20.3 Å². The lowest BCUT2D eigenvalue weighted by Crippen LogP contribution is -2.19. The highest BCUT2D eigenvalue weighted by Gasteiger charge is 2.22. The largest absolute Gasteiger partial charge is 0.465 e. The van der Waals surface area contributed by atoms with Gasteiger partial charge in [0.25, 0.3) is 5.22 Å². The fraction of sp³-hybridized carbons (Fsp3) is 0.357. The third kappa shape index (κ3) is 3.60. The van der Waals surface area contributed by atoms with E-state index in [1.807, 2.05) is 37.3 Å². The van der Waals surface area contributed by atoms with E-state index in [1.165, 1.54) is 11.8 Å². The lowest BCUT2D eigenvalue weighted by atomic mass is 10.2. The number of thioether (sulfide) groups is 1. The summed E-state index contributed by atoms with van der Waals surface area (Å²) in [6, 6.07) is 9.51. The summed E-state index contributed by atoms with van der Waals surface area (Å²) in [5, 5.41) is 8.01. The molecule has 1 aromatic heterocycles. The third-order valence-electron chi connectivity index (χ3n) is 2.59. The van der Waals surface area contributed by atoms with Crippen molar-refractivity contribution < 1.29 is 13.9 Å². The van der Waals surface area contributed by atoms with Crippen LogP contribution in [-0.4, -0.2) is 28.0 Å². The number of hydrogen-bond donors (Lipinski definition) is 0. The van der Waals surface area contributed by atoms with Crippen LogP contribution in [0.15, 0.2) is 40.0 Å². The van der Waals surface area contributed by atoms with E-state index < -0.39 is 0 Å². The molecule has 2 aromatic rings. The number of benzene rings is 1. The molecule has 1 atom stereocenters. The van der Waals surface area contributed by atoms with Crippen LogP contribution in [0.3, 0.4) is 0 Å². The highest BCUT2D eigenvalue weighted by Crippen LogP contribution is 2.28. The summed E-state index contributed by atoms with van der Waals surface area (Å²) in [4.78, 5) is 11.7. The first-order chi connectivity index (χ1) is 9.74. The predicted molar refractivity (Wildman–Crippen MR) is 76.3 cm³/mol. The monoisotopic (exact) mass is 292 g/mol. The summed E-state index contributed by atoms with van der Waals surface area (Å²) in [6.45, 7) is 4.08. The van der Waals surface area contributed by atoms with Gasteiger partial charge in [0.2, 0.25) is 5.89 Å². The first-order valence-corrected chi connectivity index (χ1v) is 7.34. The second-order valence-electron chi connectivity index (χ2n) is 4.01. The van der Waals surface area contributed by atoms with Gasteiger partial charge in [-0.1, -0.05) is 36.9 Å². The number of carbonyl (C=O) groups excluding carboxylic acids is 1. The van der Waals surface area contributed by atoms with Crippen molar-refractivity contribution in [3.8, 4) is 11.5 Å². The summed E-state index contributed by atoms with van der Waals surface area (Å²) in [6.07, 6.45) is 0.645. The number of rotatable bonds is 6. The van der Waals surface area contributed by atoms with Gasteiger partial charge >= 0.3 is 5.97 Å². The molecule has 1 heterocycles. The van der Waals surface area contributed by atoms with Gasteiger partial charge in [0.05, 0.1) is 6.61 Å². The normalized spacial score (nSPS) is 12.1. The number of carbonyl (C=O) groups is 1. The number of aromatic nitrogens is 2. The van der Waals surface area contributed by atoms with Crippen molar-refractivity contribution >= 4 is 17.7 Å². The Balaban J connectivity index is 2.07. The Hall–Kier alpha value is -1.82. The highest BCUT2D eigenvalue weighted by atomic mass is 32.2. The zero-order chi connectivity index (χ0) is 14.4. The van der Waals surface area contributed by atoms with Crippen molar-refractivity contribution in [2.45, 2.75) is 30.7 Å². The van der Waals surface area contributed by atoms with Gasteiger partial charge in [-0.3, -0.25) is 4.79 Å². The molecule has 0 saturated heterocycles. The molecule has 0 amide bonds. The van der Waals surface area contributed by atoms with Crippen molar-refractivity contribution in [1.29, 1.82) is 0 Å². The first-order valence-electron chi connectivity index (χ1n) is 6.46. The maximum absolute atomic E-state index is 11.7. The first kappa shape index (κ1) is 14.6. The lowest BCUT2D eigenvalue weighted by molar-refractivity contribution is -0.142. The van der Waals surface area contributed by atoms with Crippen LogP contribution < -0.4 is 0 Å². The molecule has 1 aromatic carbocycles. The van der Waals surface area contributed by atoms with Crippen molar-refractivity contribution in [2.24, 2.45) is 0 Å². The summed E-state index contributed by atoms with van der Waals surface area (Å²) in [5.41, 5.74) is 0.857. The second-order valence-corrected chi connectivity index (χ2v) is 5.16. The standard InChI is InChI=1S/C14H16N2O3S/c1-3-11(13(17)18-4-2)20-14-16-15-12(19-14)10-8-6-5-7-9-10/h5-9,11H,3-4H2,1-2H3. The molecule has 1 unspecified atom stereocenters. The molecule has 0 bridgehead atoms. The third-order valence-corrected chi connectivity index (χ3v) is 3.77. The lowest BCUT2D eigenvalue weighted by Gasteiger charge is -2.09. The Labute approximate surface area is 121 Å². The van der Waals surface area contributed by atoms with E-state index >= 15 is 0 Å². The predicted octanol–water partition coefficient (Wildman–Crippen LogP) is 3.17. The van der Waals surface area contributed by atoms with E-state index in [-0.39, 0.29) is 11.2 Å². The van der Waals surface area contributed by atoms with Crippen LogP contribution in [0.5, 0.6) is 0 Å². The molecule has 0 N–H and O–H groups in total. The topological polar surface area (TPSA) is 65.2 Å². The molecule has 0 aliphatic heterocycles.